The largest absolute Gasteiger partial charge is 0.496 e. The lowest BCUT2D eigenvalue weighted by atomic mass is 10.0. The number of benzene rings is 1. The van der Waals surface area contributed by atoms with E-state index in [1.807, 2.05) is 0 Å². The van der Waals surface area contributed by atoms with Crippen molar-refractivity contribution in [2.24, 2.45) is 0 Å². The summed E-state index contributed by atoms with van der Waals surface area (Å²) < 4.78 is 62.0. The lowest BCUT2D eigenvalue weighted by Gasteiger charge is -2.41. The maximum absolute atomic E-state index is 13.3. The highest BCUT2D eigenvalue weighted by molar-refractivity contribution is 7.96. The molecule has 0 unspecified atom stereocenters. The van der Waals surface area contributed by atoms with Gasteiger partial charge in [-0.05, 0) is 44.5 Å². The van der Waals surface area contributed by atoms with Crippen LogP contribution in [-0.2, 0) is 24.4 Å². The number of hydrogen-bond donors (Lipinski definition) is 1. The van der Waals surface area contributed by atoms with Crippen molar-refractivity contribution in [3.8, 4) is 5.75 Å². The second-order valence-corrected chi connectivity index (χ2v) is 13.0. The van der Waals surface area contributed by atoms with E-state index in [1.54, 1.807) is 19.1 Å². The van der Waals surface area contributed by atoms with E-state index < -0.39 is 31.0 Å². The minimum absolute atomic E-state index is 0.127. The molecule has 30 heavy (non-hydrogen) atoms. The molecular weight excluding hydrogens is 428 g/mol. The Morgan fingerprint density at radius 1 is 1.23 bits per heavy atom. The first kappa shape index (κ1) is 23.5. The zero-order chi connectivity index (χ0) is 22.2. The molecule has 2 fully saturated rings. The second-order valence-electron chi connectivity index (χ2n) is 8.69. The number of nitrogens with zero attached hydrogens (tertiary/aromatic N) is 1. The number of sulfone groups is 2. The highest BCUT2D eigenvalue weighted by Gasteiger charge is 2.46. The summed E-state index contributed by atoms with van der Waals surface area (Å²) in [7, 11) is -5.76. The molecule has 10 heteroatoms. The van der Waals surface area contributed by atoms with Gasteiger partial charge in [0.05, 0.1) is 42.0 Å². The fourth-order valence-electron chi connectivity index (χ4n) is 4.18. The van der Waals surface area contributed by atoms with Crippen LogP contribution in [0.15, 0.2) is 23.1 Å². The minimum Gasteiger partial charge on any atom is -0.496 e. The number of nitrogens with one attached hydrogen (secondary N) is 1. The molecule has 2 aliphatic heterocycles. The molecule has 2 saturated heterocycles. The molecule has 0 aliphatic carbocycles. The van der Waals surface area contributed by atoms with Gasteiger partial charge in [0.2, 0.25) is 0 Å². The van der Waals surface area contributed by atoms with Crippen molar-refractivity contribution in [2.75, 3.05) is 51.5 Å². The van der Waals surface area contributed by atoms with E-state index >= 15 is 0 Å². The van der Waals surface area contributed by atoms with E-state index in [9.17, 15) is 16.8 Å². The maximum atomic E-state index is 13.3. The normalized spacial score (nSPS) is 25.3. The molecule has 2 heterocycles. The lowest BCUT2D eigenvalue weighted by molar-refractivity contribution is -0.0101. The molecule has 0 spiro atoms. The number of ether oxygens (including phenoxy) is 2. The summed E-state index contributed by atoms with van der Waals surface area (Å²) in [5, 5.41) is 2.25. The van der Waals surface area contributed by atoms with Gasteiger partial charge in [-0.15, -0.1) is 0 Å². The van der Waals surface area contributed by atoms with Gasteiger partial charge in [-0.2, -0.15) is 0 Å². The molecule has 8 nitrogen and oxygen atoms in total. The van der Waals surface area contributed by atoms with Gasteiger partial charge in [0.1, 0.15) is 5.75 Å². The predicted octanol–water partition coefficient (Wildman–Crippen LogP) is 0.643. The molecule has 3 rings (SSSR count). The first-order chi connectivity index (χ1) is 14.0. The molecule has 0 amide bonds. The van der Waals surface area contributed by atoms with Crippen LogP contribution in [0, 0.1) is 6.92 Å². The van der Waals surface area contributed by atoms with Crippen LogP contribution in [-0.4, -0.2) is 90.0 Å². The Bertz CT molecular complexity index is 969. The summed E-state index contributed by atoms with van der Waals surface area (Å²) in [5.41, 5.74) is 0.443. The van der Waals surface area contributed by atoms with Gasteiger partial charge in [0, 0.05) is 31.2 Å². The van der Waals surface area contributed by atoms with Crippen molar-refractivity contribution in [1.82, 2.24) is 10.2 Å². The van der Waals surface area contributed by atoms with Gasteiger partial charge in [0.25, 0.3) is 0 Å². The molecule has 0 aromatic heterocycles. The van der Waals surface area contributed by atoms with Gasteiger partial charge in [0.15, 0.2) is 19.7 Å². The molecule has 170 valence electrons. The molecular formula is C20H32N2O6S2. The molecule has 0 bridgehead atoms. The Balaban J connectivity index is 1.81. The SMILES string of the molecule is COc1ccc(S(=O)(=O)[C@H]2CS(=O)(=O)C[C@@H]2NCC(C)(C)N2CCOCC2)cc1C. The Labute approximate surface area is 179 Å². The Morgan fingerprint density at radius 3 is 2.50 bits per heavy atom. The summed E-state index contributed by atoms with van der Waals surface area (Å²) in [4.78, 5) is 2.41. The van der Waals surface area contributed by atoms with E-state index in [1.165, 1.54) is 13.2 Å². The zero-order valence-corrected chi connectivity index (χ0v) is 19.7. The number of rotatable bonds is 7. The van der Waals surface area contributed by atoms with Crippen molar-refractivity contribution in [3.63, 3.8) is 0 Å². The van der Waals surface area contributed by atoms with Crippen LogP contribution in [0.2, 0.25) is 0 Å². The number of aryl methyl sites for hydroxylation is 1. The van der Waals surface area contributed by atoms with Gasteiger partial charge in [-0.25, -0.2) is 16.8 Å². The number of morpholine rings is 1. The van der Waals surface area contributed by atoms with Crippen LogP contribution in [0.3, 0.4) is 0 Å². The Kier molecular flexibility index (Phi) is 6.83. The summed E-state index contributed by atoms with van der Waals surface area (Å²) in [6.07, 6.45) is 0. The lowest BCUT2D eigenvalue weighted by Crippen LogP contribution is -2.57. The molecule has 1 aromatic carbocycles. The summed E-state index contributed by atoms with van der Waals surface area (Å²) in [6.45, 7) is 9.32. The number of hydrogen-bond acceptors (Lipinski definition) is 8. The smallest absolute Gasteiger partial charge is 0.183 e. The second kappa shape index (κ2) is 8.74. The zero-order valence-electron chi connectivity index (χ0n) is 18.0. The summed E-state index contributed by atoms with van der Waals surface area (Å²) in [6, 6.07) is 3.99. The van der Waals surface area contributed by atoms with Crippen molar-refractivity contribution in [3.05, 3.63) is 23.8 Å². The van der Waals surface area contributed by atoms with Gasteiger partial charge in [-0.1, -0.05) is 0 Å². The van der Waals surface area contributed by atoms with Crippen LogP contribution >= 0.6 is 0 Å². The highest BCUT2D eigenvalue weighted by atomic mass is 32.2. The van der Waals surface area contributed by atoms with Crippen molar-refractivity contribution in [2.45, 2.75) is 42.5 Å². The van der Waals surface area contributed by atoms with Gasteiger partial charge in [-0.3, -0.25) is 4.90 Å². The fourth-order valence-corrected chi connectivity index (χ4v) is 8.98. The van der Waals surface area contributed by atoms with E-state index in [0.29, 0.717) is 31.1 Å². The van der Waals surface area contributed by atoms with E-state index in [2.05, 4.69) is 24.1 Å². The minimum atomic E-state index is -3.83. The van der Waals surface area contributed by atoms with Crippen LogP contribution < -0.4 is 10.1 Å². The van der Waals surface area contributed by atoms with E-state index in [4.69, 9.17) is 9.47 Å². The molecule has 2 atom stereocenters. The summed E-state index contributed by atoms with van der Waals surface area (Å²) >= 11 is 0. The first-order valence-electron chi connectivity index (χ1n) is 10.1. The first-order valence-corrected chi connectivity index (χ1v) is 13.5. The van der Waals surface area contributed by atoms with Crippen LogP contribution in [0.1, 0.15) is 19.4 Å². The topological polar surface area (TPSA) is 102 Å². The highest BCUT2D eigenvalue weighted by Crippen LogP contribution is 2.29. The maximum Gasteiger partial charge on any atom is 0.183 e. The third-order valence-electron chi connectivity index (χ3n) is 6.06. The number of methoxy groups -OCH3 is 1. The van der Waals surface area contributed by atoms with Crippen LogP contribution in [0.5, 0.6) is 5.75 Å². The van der Waals surface area contributed by atoms with Crippen molar-refractivity contribution in [1.29, 1.82) is 0 Å². The van der Waals surface area contributed by atoms with E-state index in [0.717, 1.165) is 13.1 Å². The Morgan fingerprint density at radius 2 is 1.90 bits per heavy atom. The fraction of sp³-hybridized carbons (Fsp3) is 0.700. The standard InChI is InChI=1S/C20H32N2O6S2/c1-15-11-16(5-6-18(15)27-4)30(25,26)19-13-29(23,24)12-17(19)21-14-20(2,3)22-7-9-28-10-8-22/h5-6,11,17,19,21H,7-10,12-14H2,1-4H3/t17-,19-/m0/s1. The average molecular weight is 461 g/mol. The van der Waals surface area contributed by atoms with Gasteiger partial charge >= 0.3 is 0 Å². The van der Waals surface area contributed by atoms with Crippen LogP contribution in [0.4, 0.5) is 0 Å². The molecule has 0 radical (unpaired) electrons. The van der Waals surface area contributed by atoms with Crippen LogP contribution in [0.25, 0.3) is 0 Å². The molecule has 1 N–H and O–H groups in total. The third-order valence-corrected chi connectivity index (χ3v) is 10.2. The summed E-state index contributed by atoms with van der Waals surface area (Å²) in [5.74, 6) is 0.0521. The predicted molar refractivity (Wildman–Crippen MR) is 116 cm³/mol. The average Bonchev–Trinajstić information content (AvgIpc) is 3.02. The monoisotopic (exact) mass is 460 g/mol. The quantitative estimate of drug-likeness (QED) is 0.633. The van der Waals surface area contributed by atoms with Gasteiger partial charge < -0.3 is 14.8 Å². The third kappa shape index (κ3) is 4.99. The van der Waals surface area contributed by atoms with E-state index in [-0.39, 0.29) is 21.9 Å². The van der Waals surface area contributed by atoms with Crippen molar-refractivity contribution < 1.29 is 26.3 Å². The molecule has 2 aliphatic rings. The Hall–Kier alpha value is -1.20. The molecule has 1 aromatic rings. The molecule has 0 saturated carbocycles. The van der Waals surface area contributed by atoms with Crippen molar-refractivity contribution >= 4 is 19.7 Å².